The molecule has 0 fully saturated rings. The van der Waals surface area contributed by atoms with Crippen molar-refractivity contribution in [2.75, 3.05) is 0 Å². The van der Waals surface area contributed by atoms with E-state index in [-0.39, 0.29) is 0 Å². The second-order valence-corrected chi connectivity index (χ2v) is 4.38. The van der Waals surface area contributed by atoms with E-state index < -0.39 is 17.2 Å². The molecule has 1 aromatic heterocycles. The van der Waals surface area contributed by atoms with E-state index in [1.54, 1.807) is 18.2 Å². The number of benzene rings is 1. The smallest absolute Gasteiger partial charge is 0.292 e. The van der Waals surface area contributed by atoms with Crippen molar-refractivity contribution in [3.8, 4) is 0 Å². The summed E-state index contributed by atoms with van der Waals surface area (Å²) in [5, 5.41) is 0. The van der Waals surface area contributed by atoms with E-state index in [1.165, 1.54) is 0 Å². The summed E-state index contributed by atoms with van der Waals surface area (Å²) in [6.07, 6.45) is 0. The molecule has 84 valence electrons. The second-order valence-electron chi connectivity index (χ2n) is 3.46. The fourth-order valence-corrected chi connectivity index (χ4v) is 1.72. The average Bonchev–Trinajstić information content (AvgIpc) is 2.14. The molecule has 1 heterocycles. The van der Waals surface area contributed by atoms with Crippen LogP contribution in [-0.2, 0) is 5.92 Å². The number of hydrogen-bond donors (Lipinski definition) is 1. The van der Waals surface area contributed by atoms with Gasteiger partial charge in [-0.25, -0.2) is 4.98 Å². The Kier molecular flexibility index (Phi) is 2.53. The van der Waals surface area contributed by atoms with Crippen molar-refractivity contribution >= 4 is 27.0 Å². The zero-order valence-corrected chi connectivity index (χ0v) is 9.81. The van der Waals surface area contributed by atoms with Gasteiger partial charge in [-0.05, 0) is 18.2 Å². The minimum absolute atomic E-state index is 0.333. The van der Waals surface area contributed by atoms with Crippen molar-refractivity contribution in [1.82, 2.24) is 9.97 Å². The molecule has 0 bridgehead atoms. The van der Waals surface area contributed by atoms with Crippen LogP contribution in [0.5, 0.6) is 0 Å². The van der Waals surface area contributed by atoms with Gasteiger partial charge < -0.3 is 4.98 Å². The lowest BCUT2D eigenvalue weighted by molar-refractivity contribution is 0.0115. The quantitative estimate of drug-likeness (QED) is 0.877. The monoisotopic (exact) mass is 288 g/mol. The molecule has 3 nitrogen and oxygen atoms in total. The Hall–Kier alpha value is -1.30. The second kappa shape index (κ2) is 3.62. The highest BCUT2D eigenvalue weighted by Gasteiger charge is 2.30. The molecule has 0 aliphatic carbocycles. The highest BCUT2D eigenvalue weighted by atomic mass is 79.9. The van der Waals surface area contributed by atoms with Gasteiger partial charge in [-0.3, -0.25) is 4.79 Å². The molecule has 0 aliphatic heterocycles. The van der Waals surface area contributed by atoms with Gasteiger partial charge in [-0.15, -0.1) is 0 Å². The fraction of sp³-hybridized carbons (Fsp3) is 0.200. The first-order chi connectivity index (χ1) is 7.38. The predicted molar refractivity (Wildman–Crippen MR) is 59.6 cm³/mol. The maximum Gasteiger partial charge on any atom is 0.292 e. The predicted octanol–water partition coefficient (Wildman–Crippen LogP) is 2.80. The molecule has 2 aromatic rings. The topological polar surface area (TPSA) is 45.8 Å². The van der Waals surface area contributed by atoms with E-state index in [0.717, 1.165) is 4.47 Å². The summed E-state index contributed by atoms with van der Waals surface area (Å²) >= 11 is 3.22. The molecule has 0 atom stereocenters. The van der Waals surface area contributed by atoms with Crippen LogP contribution >= 0.6 is 15.9 Å². The molecule has 16 heavy (non-hydrogen) atoms. The highest BCUT2D eigenvalue weighted by molar-refractivity contribution is 9.10. The molecule has 1 N–H and O–H groups in total. The lowest BCUT2D eigenvalue weighted by Gasteiger charge is -2.09. The first-order valence-corrected chi connectivity index (χ1v) is 5.25. The third kappa shape index (κ3) is 1.97. The van der Waals surface area contributed by atoms with Crippen LogP contribution in [0.15, 0.2) is 27.5 Å². The Balaban J connectivity index is 2.78. The average molecular weight is 289 g/mol. The van der Waals surface area contributed by atoms with Crippen LogP contribution in [0.4, 0.5) is 8.78 Å². The molecule has 1 aromatic carbocycles. The normalized spacial score (nSPS) is 12.0. The van der Waals surface area contributed by atoms with Crippen LogP contribution in [-0.4, -0.2) is 9.97 Å². The molecule has 0 amide bonds. The van der Waals surface area contributed by atoms with Crippen molar-refractivity contribution in [2.24, 2.45) is 0 Å². The van der Waals surface area contributed by atoms with E-state index in [1.807, 2.05) is 0 Å². The molecular weight excluding hydrogens is 282 g/mol. The molecule has 0 spiro atoms. The van der Waals surface area contributed by atoms with E-state index in [4.69, 9.17) is 0 Å². The first kappa shape index (κ1) is 11.2. The molecule has 0 radical (unpaired) electrons. The number of aromatic amines is 1. The Labute approximate surface area is 97.6 Å². The van der Waals surface area contributed by atoms with Gasteiger partial charge in [0.15, 0.2) is 5.69 Å². The summed E-state index contributed by atoms with van der Waals surface area (Å²) in [4.78, 5) is 17.4. The van der Waals surface area contributed by atoms with Gasteiger partial charge in [0, 0.05) is 11.4 Å². The maximum absolute atomic E-state index is 13.0. The Morgan fingerprint density at radius 3 is 2.75 bits per heavy atom. The molecule has 0 unspecified atom stereocenters. The van der Waals surface area contributed by atoms with E-state index in [2.05, 4.69) is 25.9 Å². The molecular formula is C10H7BrF2N2O. The number of alkyl halides is 2. The first-order valence-electron chi connectivity index (χ1n) is 4.46. The van der Waals surface area contributed by atoms with Crippen LogP contribution in [0.3, 0.4) is 0 Å². The largest absolute Gasteiger partial charge is 0.319 e. The number of hydrogen-bond acceptors (Lipinski definition) is 2. The summed E-state index contributed by atoms with van der Waals surface area (Å²) < 4.78 is 26.8. The Bertz CT molecular complexity index is 604. The lowest BCUT2D eigenvalue weighted by Crippen LogP contribution is -2.24. The number of H-pyrrole nitrogens is 1. The Morgan fingerprint density at radius 2 is 2.12 bits per heavy atom. The zero-order chi connectivity index (χ0) is 11.9. The third-order valence-electron chi connectivity index (χ3n) is 2.07. The van der Waals surface area contributed by atoms with Crippen LogP contribution < -0.4 is 5.56 Å². The van der Waals surface area contributed by atoms with Crippen LogP contribution in [0.25, 0.3) is 11.0 Å². The summed E-state index contributed by atoms with van der Waals surface area (Å²) in [6.45, 7) is 0.648. The van der Waals surface area contributed by atoms with Crippen molar-refractivity contribution in [3.63, 3.8) is 0 Å². The van der Waals surface area contributed by atoms with Crippen molar-refractivity contribution < 1.29 is 8.78 Å². The maximum atomic E-state index is 13.0. The number of fused-ring (bicyclic) bond motifs is 1. The van der Waals surface area contributed by atoms with E-state index in [9.17, 15) is 13.6 Å². The molecule has 0 saturated heterocycles. The Morgan fingerprint density at radius 1 is 1.44 bits per heavy atom. The zero-order valence-electron chi connectivity index (χ0n) is 8.22. The number of nitrogens with one attached hydrogen (secondary N) is 1. The molecule has 0 saturated carbocycles. The molecule has 2 rings (SSSR count). The minimum atomic E-state index is -3.24. The van der Waals surface area contributed by atoms with Gasteiger partial charge in [-0.2, -0.15) is 8.78 Å². The lowest BCUT2D eigenvalue weighted by atomic mass is 10.2. The number of nitrogens with zero attached hydrogens (tertiary/aromatic N) is 1. The number of aromatic nitrogens is 2. The van der Waals surface area contributed by atoms with E-state index >= 15 is 0 Å². The molecule has 6 heteroatoms. The highest BCUT2D eigenvalue weighted by Crippen LogP contribution is 2.23. The summed E-state index contributed by atoms with van der Waals surface area (Å²) in [6, 6.07) is 4.84. The van der Waals surface area contributed by atoms with Gasteiger partial charge in [0.1, 0.15) is 0 Å². The van der Waals surface area contributed by atoms with Crippen molar-refractivity contribution in [2.45, 2.75) is 12.8 Å². The fourth-order valence-electron chi connectivity index (χ4n) is 1.36. The van der Waals surface area contributed by atoms with Crippen molar-refractivity contribution in [3.05, 3.63) is 38.7 Å². The van der Waals surface area contributed by atoms with Crippen LogP contribution in [0, 0.1) is 0 Å². The van der Waals surface area contributed by atoms with Crippen LogP contribution in [0.1, 0.15) is 12.6 Å². The third-order valence-corrected chi connectivity index (χ3v) is 2.56. The summed E-state index contributed by atoms with van der Waals surface area (Å²) in [5.41, 5.74) is -0.868. The van der Waals surface area contributed by atoms with Gasteiger partial charge in [0.25, 0.3) is 11.5 Å². The summed E-state index contributed by atoms with van der Waals surface area (Å²) in [7, 11) is 0. The van der Waals surface area contributed by atoms with Gasteiger partial charge >= 0.3 is 0 Å². The van der Waals surface area contributed by atoms with E-state index in [0.29, 0.717) is 18.0 Å². The standard InChI is InChI=1S/C10H7BrF2N2O/c1-10(12,13)8-9(16)15-7-4-5(11)2-3-6(7)14-8/h2-4H,1H3,(H,15,16). The van der Waals surface area contributed by atoms with Crippen LogP contribution in [0.2, 0.25) is 0 Å². The number of rotatable bonds is 1. The SMILES string of the molecule is CC(F)(F)c1nc2ccc(Br)cc2[nH]c1=O. The van der Waals surface area contributed by atoms with Gasteiger partial charge in [0.2, 0.25) is 0 Å². The summed E-state index contributed by atoms with van der Waals surface area (Å²) in [5.74, 6) is -3.24. The van der Waals surface area contributed by atoms with Gasteiger partial charge in [0.05, 0.1) is 11.0 Å². The number of halogens is 3. The minimum Gasteiger partial charge on any atom is -0.319 e. The van der Waals surface area contributed by atoms with Crippen molar-refractivity contribution in [1.29, 1.82) is 0 Å². The molecule has 0 aliphatic rings. The van der Waals surface area contributed by atoms with Gasteiger partial charge in [-0.1, -0.05) is 15.9 Å².